The lowest BCUT2D eigenvalue weighted by Crippen LogP contribution is -2.32. The molecule has 1 N–H and O–H groups in total. The zero-order valence-electron chi connectivity index (χ0n) is 10.1. The van der Waals surface area contributed by atoms with Gasteiger partial charge in [-0.2, -0.15) is 0 Å². The average molecular weight is 316 g/mol. The van der Waals surface area contributed by atoms with Crippen molar-refractivity contribution in [1.82, 2.24) is 4.90 Å². The summed E-state index contributed by atoms with van der Waals surface area (Å²) in [6, 6.07) is 3.95. The lowest BCUT2D eigenvalue weighted by molar-refractivity contribution is -0.146. The van der Waals surface area contributed by atoms with E-state index in [4.69, 9.17) is 4.74 Å². The molecule has 18 heavy (non-hydrogen) atoms. The van der Waals surface area contributed by atoms with E-state index < -0.39 is 12.0 Å². The van der Waals surface area contributed by atoms with E-state index in [0.717, 1.165) is 0 Å². The number of carbonyl (C=O) groups is 2. The quantitative estimate of drug-likeness (QED) is 0.816. The van der Waals surface area contributed by atoms with Crippen LogP contribution in [0.25, 0.3) is 0 Å². The summed E-state index contributed by atoms with van der Waals surface area (Å²) in [7, 11) is 1.53. The maximum Gasteiger partial charge on any atom is 0.331 e. The first-order valence-electron chi connectivity index (χ1n) is 5.32. The molecule has 1 unspecified atom stereocenters. The van der Waals surface area contributed by atoms with Gasteiger partial charge in [0.1, 0.15) is 5.75 Å². The van der Waals surface area contributed by atoms with Gasteiger partial charge in [0.2, 0.25) is 6.41 Å². The Hall–Kier alpha value is -1.56. The number of hydrogen-bond acceptors (Lipinski definition) is 3. The molecular formula is C12H14BrNO4. The number of hydrogen-bond donors (Lipinski definition) is 1. The van der Waals surface area contributed by atoms with Crippen molar-refractivity contribution in [3.05, 3.63) is 28.2 Å². The molecule has 0 bridgehead atoms. The Morgan fingerprint density at radius 3 is 2.67 bits per heavy atom. The minimum absolute atomic E-state index is 0.324. The lowest BCUT2D eigenvalue weighted by atomic mass is 10.1. The summed E-state index contributed by atoms with van der Waals surface area (Å²) in [4.78, 5) is 23.4. The maximum atomic E-state index is 11.3. The smallest absolute Gasteiger partial charge is 0.331 e. The van der Waals surface area contributed by atoms with Crippen LogP contribution in [0.2, 0.25) is 0 Å². The van der Waals surface area contributed by atoms with Crippen molar-refractivity contribution >= 4 is 28.3 Å². The fourth-order valence-corrected chi connectivity index (χ4v) is 2.20. The highest BCUT2D eigenvalue weighted by molar-refractivity contribution is 9.10. The standard InChI is InChI=1S/C12H14BrNO4/c1-3-14(7-15)11(12(16)17)8-4-5-10(18-2)9(13)6-8/h4-7,11H,3H2,1-2H3,(H,16,17). The molecule has 98 valence electrons. The molecule has 0 radical (unpaired) electrons. The summed E-state index contributed by atoms with van der Waals surface area (Å²) in [6.45, 7) is 2.05. The molecule has 1 rings (SSSR count). The van der Waals surface area contributed by atoms with Crippen molar-refractivity contribution in [2.45, 2.75) is 13.0 Å². The highest BCUT2D eigenvalue weighted by Crippen LogP contribution is 2.30. The molecule has 0 aromatic heterocycles. The van der Waals surface area contributed by atoms with E-state index >= 15 is 0 Å². The molecule has 1 amide bonds. The Labute approximate surface area is 113 Å². The van der Waals surface area contributed by atoms with E-state index in [-0.39, 0.29) is 0 Å². The van der Waals surface area contributed by atoms with E-state index in [0.29, 0.717) is 28.7 Å². The summed E-state index contributed by atoms with van der Waals surface area (Å²) >= 11 is 3.29. The first-order valence-corrected chi connectivity index (χ1v) is 6.11. The second-order valence-corrected chi connectivity index (χ2v) is 4.42. The number of benzene rings is 1. The number of likely N-dealkylation sites (N-methyl/N-ethyl adjacent to an activating group) is 1. The number of aliphatic carboxylic acids is 1. The van der Waals surface area contributed by atoms with Crippen LogP contribution in [-0.2, 0) is 9.59 Å². The number of carbonyl (C=O) groups excluding carboxylic acids is 1. The third kappa shape index (κ3) is 3.01. The third-order valence-electron chi connectivity index (χ3n) is 2.56. The van der Waals surface area contributed by atoms with Gasteiger partial charge in [-0.25, -0.2) is 4.79 Å². The monoisotopic (exact) mass is 315 g/mol. The number of halogens is 1. The predicted molar refractivity (Wildman–Crippen MR) is 69.5 cm³/mol. The largest absolute Gasteiger partial charge is 0.496 e. The normalized spacial score (nSPS) is 11.7. The van der Waals surface area contributed by atoms with Crippen molar-refractivity contribution in [2.75, 3.05) is 13.7 Å². The molecular weight excluding hydrogens is 302 g/mol. The van der Waals surface area contributed by atoms with Crippen LogP contribution < -0.4 is 4.74 Å². The van der Waals surface area contributed by atoms with Gasteiger partial charge in [0.25, 0.3) is 0 Å². The third-order valence-corrected chi connectivity index (χ3v) is 3.18. The zero-order valence-corrected chi connectivity index (χ0v) is 11.7. The molecule has 0 fully saturated rings. The minimum Gasteiger partial charge on any atom is -0.496 e. The molecule has 6 heteroatoms. The highest BCUT2D eigenvalue weighted by Gasteiger charge is 2.26. The van der Waals surface area contributed by atoms with Gasteiger partial charge in [-0.3, -0.25) is 4.79 Å². The number of amides is 1. The van der Waals surface area contributed by atoms with Gasteiger partial charge >= 0.3 is 5.97 Å². The Bertz CT molecular complexity index is 450. The lowest BCUT2D eigenvalue weighted by Gasteiger charge is -2.24. The molecule has 1 aromatic rings. The van der Waals surface area contributed by atoms with Gasteiger partial charge in [-0.1, -0.05) is 6.07 Å². The highest BCUT2D eigenvalue weighted by atomic mass is 79.9. The van der Waals surface area contributed by atoms with Crippen molar-refractivity contribution in [3.63, 3.8) is 0 Å². The Kier molecular flexibility index (Phi) is 5.15. The number of carboxylic acid groups (broad SMARTS) is 1. The molecule has 0 saturated heterocycles. The van der Waals surface area contributed by atoms with E-state index in [9.17, 15) is 14.7 Å². The van der Waals surface area contributed by atoms with Gasteiger partial charge in [-0.05, 0) is 40.5 Å². The topological polar surface area (TPSA) is 66.8 Å². The molecule has 0 aliphatic carbocycles. The van der Waals surface area contributed by atoms with Gasteiger partial charge in [0, 0.05) is 6.54 Å². The first-order chi connectivity index (χ1) is 8.54. The second kappa shape index (κ2) is 6.39. The number of methoxy groups -OCH3 is 1. The second-order valence-electron chi connectivity index (χ2n) is 3.57. The molecule has 0 heterocycles. The van der Waals surface area contributed by atoms with Crippen LogP contribution in [-0.4, -0.2) is 36.0 Å². The zero-order chi connectivity index (χ0) is 13.7. The molecule has 0 aliphatic heterocycles. The molecule has 5 nitrogen and oxygen atoms in total. The fourth-order valence-electron chi connectivity index (χ4n) is 1.65. The number of ether oxygens (including phenoxy) is 1. The molecule has 1 aromatic carbocycles. The van der Waals surface area contributed by atoms with Gasteiger partial charge in [-0.15, -0.1) is 0 Å². The number of rotatable bonds is 6. The van der Waals surface area contributed by atoms with E-state index in [2.05, 4.69) is 15.9 Å². The summed E-state index contributed by atoms with van der Waals surface area (Å²) in [5, 5.41) is 9.23. The summed E-state index contributed by atoms with van der Waals surface area (Å²) in [6.07, 6.45) is 0.539. The molecule has 0 aliphatic rings. The van der Waals surface area contributed by atoms with Gasteiger partial charge in [0.05, 0.1) is 11.6 Å². The number of nitrogens with zero attached hydrogens (tertiary/aromatic N) is 1. The van der Waals surface area contributed by atoms with Crippen LogP contribution in [0.4, 0.5) is 0 Å². The minimum atomic E-state index is -1.07. The van der Waals surface area contributed by atoms with Crippen LogP contribution in [0, 0.1) is 0 Å². The summed E-state index contributed by atoms with van der Waals surface area (Å²) < 4.78 is 5.72. The molecule has 0 spiro atoms. The van der Waals surface area contributed by atoms with E-state index in [1.165, 1.54) is 12.0 Å². The SMILES string of the molecule is CCN(C=O)C(C(=O)O)c1ccc(OC)c(Br)c1. The first kappa shape index (κ1) is 14.5. The van der Waals surface area contributed by atoms with Crippen molar-refractivity contribution in [3.8, 4) is 5.75 Å². The van der Waals surface area contributed by atoms with Gasteiger partial charge in [0.15, 0.2) is 6.04 Å². The van der Waals surface area contributed by atoms with Crippen LogP contribution in [0.15, 0.2) is 22.7 Å². The Morgan fingerprint density at radius 2 is 2.28 bits per heavy atom. The van der Waals surface area contributed by atoms with Crippen LogP contribution in [0.3, 0.4) is 0 Å². The van der Waals surface area contributed by atoms with Crippen molar-refractivity contribution in [1.29, 1.82) is 0 Å². The van der Waals surface area contributed by atoms with Crippen molar-refractivity contribution < 1.29 is 19.4 Å². The van der Waals surface area contributed by atoms with Crippen molar-refractivity contribution in [2.24, 2.45) is 0 Å². The van der Waals surface area contributed by atoms with Crippen LogP contribution in [0.5, 0.6) is 5.75 Å². The van der Waals surface area contributed by atoms with Crippen LogP contribution >= 0.6 is 15.9 Å². The fraction of sp³-hybridized carbons (Fsp3) is 0.333. The Morgan fingerprint density at radius 1 is 1.61 bits per heavy atom. The number of carboxylic acids is 1. The Balaban J connectivity index is 3.18. The predicted octanol–water partition coefficient (Wildman–Crippen LogP) is 2.06. The molecule has 1 atom stereocenters. The van der Waals surface area contributed by atoms with E-state index in [1.54, 1.807) is 25.1 Å². The summed E-state index contributed by atoms with van der Waals surface area (Å²) in [5.41, 5.74) is 0.518. The van der Waals surface area contributed by atoms with Gasteiger partial charge < -0.3 is 14.7 Å². The van der Waals surface area contributed by atoms with Crippen LogP contribution in [0.1, 0.15) is 18.5 Å². The maximum absolute atomic E-state index is 11.3. The molecule has 0 saturated carbocycles. The van der Waals surface area contributed by atoms with E-state index in [1.807, 2.05) is 0 Å². The average Bonchev–Trinajstić information content (AvgIpc) is 2.35. The summed E-state index contributed by atoms with van der Waals surface area (Å²) in [5.74, 6) is -0.460.